The monoisotopic (exact) mass is 360 g/mol. The maximum Gasteiger partial charge on any atom is 0.184 e. The molecule has 0 radical (unpaired) electrons. The molecule has 5 rings (SSSR count). The number of fused-ring (bicyclic) bond motifs is 1. The molecule has 134 valence electrons. The van der Waals surface area contributed by atoms with Crippen molar-refractivity contribution in [1.29, 1.82) is 0 Å². The van der Waals surface area contributed by atoms with Gasteiger partial charge in [0.25, 0.3) is 0 Å². The van der Waals surface area contributed by atoms with Crippen LogP contribution in [0.4, 0.5) is 10.2 Å². The standard InChI is InChI=1S/C20H17FN6/c21-15-5-3-13(4-6-15)18-25-19-16(20(26-18)27-11-1-2-12-27)23-17(24-19)14-7-9-22-10-8-14/h3-10H,1-2,11-12H2,(H,23,24,25,26). The Morgan fingerprint density at radius 3 is 2.33 bits per heavy atom. The summed E-state index contributed by atoms with van der Waals surface area (Å²) in [7, 11) is 0. The van der Waals surface area contributed by atoms with Crippen molar-refractivity contribution in [3.8, 4) is 22.8 Å². The van der Waals surface area contributed by atoms with E-state index < -0.39 is 0 Å². The summed E-state index contributed by atoms with van der Waals surface area (Å²) in [5.74, 6) is 1.86. The van der Waals surface area contributed by atoms with Gasteiger partial charge < -0.3 is 9.88 Å². The molecule has 4 heterocycles. The number of hydrogen-bond donors (Lipinski definition) is 1. The Kier molecular flexibility index (Phi) is 3.78. The predicted octanol–water partition coefficient (Wildman–Crippen LogP) is 3.82. The number of anilines is 1. The van der Waals surface area contributed by atoms with Gasteiger partial charge in [-0.1, -0.05) is 0 Å². The van der Waals surface area contributed by atoms with Crippen LogP contribution in [0.2, 0.25) is 0 Å². The lowest BCUT2D eigenvalue weighted by atomic mass is 10.2. The van der Waals surface area contributed by atoms with Crippen LogP contribution in [-0.2, 0) is 0 Å². The van der Waals surface area contributed by atoms with Crippen LogP contribution in [0.1, 0.15) is 12.8 Å². The highest BCUT2D eigenvalue weighted by Gasteiger charge is 2.21. The van der Waals surface area contributed by atoms with Crippen LogP contribution in [0, 0.1) is 5.82 Å². The van der Waals surface area contributed by atoms with E-state index in [9.17, 15) is 4.39 Å². The number of benzene rings is 1. The Balaban J connectivity index is 1.70. The lowest BCUT2D eigenvalue weighted by molar-refractivity contribution is 0.628. The van der Waals surface area contributed by atoms with Gasteiger partial charge in [-0.05, 0) is 49.2 Å². The van der Waals surface area contributed by atoms with E-state index in [1.165, 1.54) is 12.1 Å². The van der Waals surface area contributed by atoms with E-state index in [-0.39, 0.29) is 5.82 Å². The van der Waals surface area contributed by atoms with Crippen molar-refractivity contribution < 1.29 is 4.39 Å². The Bertz CT molecular complexity index is 1080. The molecule has 1 aliphatic heterocycles. The maximum absolute atomic E-state index is 13.3. The van der Waals surface area contributed by atoms with Gasteiger partial charge in [-0.3, -0.25) is 4.98 Å². The van der Waals surface area contributed by atoms with Crippen LogP contribution in [0.15, 0.2) is 48.8 Å². The molecule has 1 N–H and O–H groups in total. The first-order valence-electron chi connectivity index (χ1n) is 8.97. The molecule has 0 atom stereocenters. The smallest absolute Gasteiger partial charge is 0.184 e. The molecule has 27 heavy (non-hydrogen) atoms. The number of H-pyrrole nitrogens is 1. The molecule has 1 fully saturated rings. The molecule has 0 bridgehead atoms. The number of rotatable bonds is 3. The minimum absolute atomic E-state index is 0.278. The summed E-state index contributed by atoms with van der Waals surface area (Å²) in [4.78, 5) is 23.8. The van der Waals surface area contributed by atoms with E-state index >= 15 is 0 Å². The van der Waals surface area contributed by atoms with Crippen LogP contribution in [0.25, 0.3) is 33.9 Å². The highest BCUT2D eigenvalue weighted by molar-refractivity contribution is 5.88. The zero-order valence-electron chi connectivity index (χ0n) is 14.6. The number of aromatic nitrogens is 5. The van der Waals surface area contributed by atoms with Crippen molar-refractivity contribution in [2.24, 2.45) is 0 Å². The number of halogens is 1. The Morgan fingerprint density at radius 1 is 0.852 bits per heavy atom. The largest absolute Gasteiger partial charge is 0.355 e. The molecule has 0 spiro atoms. The third-order valence-corrected chi connectivity index (χ3v) is 4.79. The van der Waals surface area contributed by atoms with Gasteiger partial charge in [-0.25, -0.2) is 19.3 Å². The molecule has 0 unspecified atom stereocenters. The van der Waals surface area contributed by atoms with Gasteiger partial charge in [-0.15, -0.1) is 0 Å². The van der Waals surface area contributed by atoms with Crippen molar-refractivity contribution in [2.75, 3.05) is 18.0 Å². The highest BCUT2D eigenvalue weighted by Crippen LogP contribution is 2.30. The molecule has 0 saturated carbocycles. The highest BCUT2D eigenvalue weighted by atomic mass is 19.1. The third kappa shape index (κ3) is 2.91. The zero-order valence-corrected chi connectivity index (χ0v) is 14.6. The molecule has 0 aliphatic carbocycles. The SMILES string of the molecule is Fc1ccc(-c2nc(N3CCCC3)c3[nH]c(-c4ccncc4)nc3n2)cc1. The zero-order chi connectivity index (χ0) is 18.2. The van der Waals surface area contributed by atoms with E-state index in [1.54, 1.807) is 24.5 Å². The van der Waals surface area contributed by atoms with Gasteiger partial charge in [0.15, 0.2) is 17.3 Å². The lowest BCUT2D eigenvalue weighted by Crippen LogP contribution is -2.20. The minimum atomic E-state index is -0.278. The number of pyridine rings is 1. The van der Waals surface area contributed by atoms with E-state index in [1.807, 2.05) is 12.1 Å². The number of nitrogens with one attached hydrogen (secondary N) is 1. The summed E-state index contributed by atoms with van der Waals surface area (Å²) >= 11 is 0. The summed E-state index contributed by atoms with van der Waals surface area (Å²) in [6.45, 7) is 1.91. The first-order valence-corrected chi connectivity index (χ1v) is 8.97. The number of hydrogen-bond acceptors (Lipinski definition) is 5. The maximum atomic E-state index is 13.3. The first-order chi connectivity index (χ1) is 13.3. The van der Waals surface area contributed by atoms with E-state index in [0.717, 1.165) is 54.2 Å². The van der Waals surface area contributed by atoms with Crippen molar-refractivity contribution in [3.05, 3.63) is 54.6 Å². The predicted molar refractivity (Wildman–Crippen MR) is 102 cm³/mol. The second-order valence-electron chi connectivity index (χ2n) is 6.59. The second-order valence-corrected chi connectivity index (χ2v) is 6.59. The van der Waals surface area contributed by atoms with Crippen molar-refractivity contribution in [1.82, 2.24) is 24.9 Å². The van der Waals surface area contributed by atoms with Crippen LogP contribution in [-0.4, -0.2) is 38.0 Å². The fraction of sp³-hybridized carbons (Fsp3) is 0.200. The molecule has 3 aromatic heterocycles. The summed E-state index contributed by atoms with van der Waals surface area (Å²) < 4.78 is 13.3. The van der Waals surface area contributed by atoms with Crippen molar-refractivity contribution in [2.45, 2.75) is 12.8 Å². The van der Waals surface area contributed by atoms with Gasteiger partial charge in [0.2, 0.25) is 0 Å². The molecule has 1 saturated heterocycles. The number of nitrogens with zero attached hydrogens (tertiary/aromatic N) is 5. The number of aromatic amines is 1. The van der Waals surface area contributed by atoms with Gasteiger partial charge in [-0.2, -0.15) is 0 Å². The third-order valence-electron chi connectivity index (χ3n) is 4.79. The molecule has 6 nitrogen and oxygen atoms in total. The summed E-state index contributed by atoms with van der Waals surface area (Å²) in [6, 6.07) is 10.0. The molecular weight excluding hydrogens is 343 g/mol. The normalized spacial score (nSPS) is 14.2. The Morgan fingerprint density at radius 2 is 1.59 bits per heavy atom. The van der Waals surface area contributed by atoms with Gasteiger partial charge in [0.05, 0.1) is 0 Å². The summed E-state index contributed by atoms with van der Waals surface area (Å²) in [5, 5.41) is 0. The van der Waals surface area contributed by atoms with Crippen LogP contribution >= 0.6 is 0 Å². The molecule has 1 aliphatic rings. The second kappa shape index (κ2) is 6.42. The molecule has 4 aromatic rings. The van der Waals surface area contributed by atoms with Gasteiger partial charge >= 0.3 is 0 Å². The van der Waals surface area contributed by atoms with Crippen LogP contribution in [0.3, 0.4) is 0 Å². The van der Waals surface area contributed by atoms with E-state index in [0.29, 0.717) is 11.5 Å². The summed E-state index contributed by atoms with van der Waals surface area (Å²) in [5.41, 5.74) is 3.15. The van der Waals surface area contributed by atoms with Crippen LogP contribution < -0.4 is 4.90 Å². The molecule has 0 amide bonds. The Labute approximate surface area is 155 Å². The van der Waals surface area contributed by atoms with Gasteiger partial charge in [0, 0.05) is 36.6 Å². The van der Waals surface area contributed by atoms with Crippen LogP contribution in [0.5, 0.6) is 0 Å². The van der Waals surface area contributed by atoms with E-state index in [4.69, 9.17) is 4.98 Å². The fourth-order valence-electron chi connectivity index (χ4n) is 3.41. The molecular formula is C20H17FN6. The van der Waals surface area contributed by atoms with Crippen molar-refractivity contribution >= 4 is 17.0 Å². The number of imidazole rings is 1. The van der Waals surface area contributed by atoms with Gasteiger partial charge in [0.1, 0.15) is 17.2 Å². The average molecular weight is 360 g/mol. The topological polar surface area (TPSA) is 70.6 Å². The summed E-state index contributed by atoms with van der Waals surface area (Å²) in [6.07, 6.45) is 5.75. The van der Waals surface area contributed by atoms with E-state index in [2.05, 4.69) is 24.8 Å². The Hall–Kier alpha value is -3.35. The quantitative estimate of drug-likeness (QED) is 0.601. The average Bonchev–Trinajstić information content (AvgIpc) is 3.38. The molecule has 7 heteroatoms. The fourth-order valence-corrected chi connectivity index (χ4v) is 3.41. The molecule has 1 aromatic carbocycles. The lowest BCUT2D eigenvalue weighted by Gasteiger charge is -2.17. The van der Waals surface area contributed by atoms with Crippen molar-refractivity contribution in [3.63, 3.8) is 0 Å². The minimum Gasteiger partial charge on any atom is -0.355 e. The first kappa shape index (κ1) is 15.9.